The van der Waals surface area contributed by atoms with Crippen molar-refractivity contribution in [3.05, 3.63) is 45.3 Å². The largest absolute Gasteiger partial charge is 0.302 e. The fourth-order valence-electron chi connectivity index (χ4n) is 1.93. The van der Waals surface area contributed by atoms with E-state index in [2.05, 4.69) is 21.7 Å². The SMILES string of the molecule is O=C(CCCc1cccs1)Nc1nc(-c2cccs2)cs1. The topological polar surface area (TPSA) is 42.0 Å². The first-order chi connectivity index (χ1) is 10.3. The first-order valence-electron chi connectivity index (χ1n) is 6.63. The van der Waals surface area contributed by atoms with Crippen molar-refractivity contribution >= 4 is 45.0 Å². The van der Waals surface area contributed by atoms with Gasteiger partial charge in [0.15, 0.2) is 5.13 Å². The van der Waals surface area contributed by atoms with Crippen LogP contribution in [-0.4, -0.2) is 10.9 Å². The molecule has 3 aromatic heterocycles. The van der Waals surface area contributed by atoms with Crippen LogP contribution in [0, 0.1) is 0 Å². The summed E-state index contributed by atoms with van der Waals surface area (Å²) in [5, 5.41) is 9.63. The Hall–Kier alpha value is -1.50. The Labute approximate surface area is 135 Å². The fraction of sp³-hybridized carbons (Fsp3) is 0.200. The lowest BCUT2D eigenvalue weighted by Crippen LogP contribution is -2.11. The van der Waals surface area contributed by atoms with Crippen LogP contribution in [0.25, 0.3) is 10.6 Å². The van der Waals surface area contributed by atoms with Gasteiger partial charge in [0.25, 0.3) is 0 Å². The molecule has 3 rings (SSSR count). The van der Waals surface area contributed by atoms with E-state index in [1.165, 1.54) is 16.2 Å². The molecule has 3 nitrogen and oxygen atoms in total. The van der Waals surface area contributed by atoms with Crippen molar-refractivity contribution in [2.75, 3.05) is 5.32 Å². The van der Waals surface area contributed by atoms with Gasteiger partial charge in [0.05, 0.1) is 10.6 Å². The molecule has 3 heterocycles. The quantitative estimate of drug-likeness (QED) is 0.697. The molecule has 0 aliphatic heterocycles. The lowest BCUT2D eigenvalue weighted by atomic mass is 10.2. The van der Waals surface area contributed by atoms with Crippen LogP contribution in [0.2, 0.25) is 0 Å². The van der Waals surface area contributed by atoms with Gasteiger partial charge in [0.1, 0.15) is 0 Å². The van der Waals surface area contributed by atoms with Crippen LogP contribution >= 0.6 is 34.0 Å². The molecule has 21 heavy (non-hydrogen) atoms. The number of thiophene rings is 2. The van der Waals surface area contributed by atoms with E-state index in [9.17, 15) is 4.79 Å². The fourth-order valence-corrected chi connectivity index (χ4v) is 4.17. The van der Waals surface area contributed by atoms with Crippen LogP contribution in [0.4, 0.5) is 5.13 Å². The van der Waals surface area contributed by atoms with E-state index in [1.54, 1.807) is 22.7 Å². The predicted molar refractivity (Wildman–Crippen MR) is 91.3 cm³/mol. The van der Waals surface area contributed by atoms with Crippen LogP contribution in [0.5, 0.6) is 0 Å². The number of anilines is 1. The van der Waals surface area contributed by atoms with Gasteiger partial charge >= 0.3 is 0 Å². The number of thiazole rings is 1. The molecular formula is C15H14N2OS3. The zero-order chi connectivity index (χ0) is 14.5. The Morgan fingerprint density at radius 1 is 1.14 bits per heavy atom. The number of nitrogens with one attached hydrogen (secondary N) is 1. The third kappa shape index (κ3) is 4.00. The van der Waals surface area contributed by atoms with Gasteiger partial charge in [-0.3, -0.25) is 4.79 Å². The molecule has 1 amide bonds. The number of aromatic nitrogens is 1. The minimum atomic E-state index is 0.0404. The predicted octanol–water partition coefficient (Wildman–Crippen LogP) is 4.89. The molecule has 108 valence electrons. The standard InChI is InChI=1S/C15H14N2OS3/c18-14(7-1-4-11-5-2-8-19-11)17-15-16-12(10-21-15)13-6-3-9-20-13/h2-3,5-6,8-10H,1,4,7H2,(H,16,17,18). The maximum atomic E-state index is 11.9. The molecule has 0 saturated carbocycles. The minimum Gasteiger partial charge on any atom is -0.302 e. The van der Waals surface area contributed by atoms with E-state index in [0.29, 0.717) is 11.6 Å². The Kier molecular flexibility index (Phi) is 4.80. The molecule has 0 aromatic carbocycles. The lowest BCUT2D eigenvalue weighted by molar-refractivity contribution is -0.116. The summed E-state index contributed by atoms with van der Waals surface area (Å²) < 4.78 is 0. The number of carbonyl (C=O) groups is 1. The first-order valence-corrected chi connectivity index (χ1v) is 9.27. The van der Waals surface area contributed by atoms with Gasteiger partial charge in [-0.15, -0.1) is 34.0 Å². The van der Waals surface area contributed by atoms with E-state index in [-0.39, 0.29) is 5.91 Å². The van der Waals surface area contributed by atoms with Gasteiger partial charge in [-0.2, -0.15) is 0 Å². The number of nitrogens with zero attached hydrogens (tertiary/aromatic N) is 1. The van der Waals surface area contributed by atoms with Crippen molar-refractivity contribution in [1.82, 2.24) is 4.98 Å². The Bertz CT molecular complexity index is 686. The molecule has 0 atom stereocenters. The normalized spacial score (nSPS) is 10.7. The van der Waals surface area contributed by atoms with Crippen molar-refractivity contribution < 1.29 is 4.79 Å². The number of hydrogen-bond donors (Lipinski definition) is 1. The summed E-state index contributed by atoms with van der Waals surface area (Å²) >= 11 is 4.87. The van der Waals surface area contributed by atoms with Crippen molar-refractivity contribution in [3.63, 3.8) is 0 Å². The molecule has 0 unspecified atom stereocenters. The molecule has 0 aliphatic carbocycles. The monoisotopic (exact) mass is 334 g/mol. The average Bonchev–Trinajstić information content (AvgIpc) is 3.21. The van der Waals surface area contributed by atoms with Crippen LogP contribution < -0.4 is 5.32 Å². The average molecular weight is 334 g/mol. The molecule has 6 heteroatoms. The number of carbonyl (C=O) groups excluding carboxylic acids is 1. The molecule has 0 radical (unpaired) electrons. The Balaban J connectivity index is 1.48. The molecule has 0 aliphatic rings. The molecule has 0 saturated heterocycles. The van der Waals surface area contributed by atoms with Gasteiger partial charge in [-0.1, -0.05) is 12.1 Å². The second kappa shape index (κ2) is 6.98. The zero-order valence-electron chi connectivity index (χ0n) is 11.2. The summed E-state index contributed by atoms with van der Waals surface area (Å²) in [7, 11) is 0. The van der Waals surface area contributed by atoms with E-state index >= 15 is 0 Å². The third-order valence-electron chi connectivity index (χ3n) is 2.93. The van der Waals surface area contributed by atoms with E-state index in [4.69, 9.17) is 0 Å². The van der Waals surface area contributed by atoms with Gasteiger partial charge < -0.3 is 5.32 Å². The molecule has 3 aromatic rings. The number of amides is 1. The summed E-state index contributed by atoms with van der Waals surface area (Å²) in [6.07, 6.45) is 2.37. The van der Waals surface area contributed by atoms with Crippen molar-refractivity contribution in [2.24, 2.45) is 0 Å². The molecule has 0 spiro atoms. The summed E-state index contributed by atoms with van der Waals surface area (Å²) in [5.41, 5.74) is 0.934. The van der Waals surface area contributed by atoms with Crippen LogP contribution in [0.3, 0.4) is 0 Å². The zero-order valence-corrected chi connectivity index (χ0v) is 13.7. The lowest BCUT2D eigenvalue weighted by Gasteiger charge is -2.00. The summed E-state index contributed by atoms with van der Waals surface area (Å²) in [4.78, 5) is 18.8. The van der Waals surface area contributed by atoms with Crippen molar-refractivity contribution in [2.45, 2.75) is 19.3 Å². The molecule has 0 fully saturated rings. The van der Waals surface area contributed by atoms with Crippen molar-refractivity contribution in [3.8, 4) is 10.6 Å². The van der Waals surface area contributed by atoms with Crippen molar-refractivity contribution in [1.29, 1.82) is 0 Å². The van der Waals surface area contributed by atoms with Crippen LogP contribution in [-0.2, 0) is 11.2 Å². The third-order valence-corrected chi connectivity index (χ3v) is 5.52. The Morgan fingerprint density at radius 3 is 2.76 bits per heavy atom. The van der Waals surface area contributed by atoms with Gasteiger partial charge in [0.2, 0.25) is 5.91 Å². The number of aryl methyl sites for hydroxylation is 1. The van der Waals surface area contributed by atoms with Crippen LogP contribution in [0.15, 0.2) is 40.4 Å². The second-order valence-electron chi connectivity index (χ2n) is 4.50. The number of hydrogen-bond acceptors (Lipinski definition) is 5. The van der Waals surface area contributed by atoms with Gasteiger partial charge in [-0.25, -0.2) is 4.98 Å². The molecule has 1 N–H and O–H groups in total. The smallest absolute Gasteiger partial charge is 0.226 e. The van der Waals surface area contributed by atoms with Gasteiger partial charge in [0, 0.05) is 16.7 Å². The molecule has 0 bridgehead atoms. The second-order valence-corrected chi connectivity index (χ2v) is 7.33. The van der Waals surface area contributed by atoms with Gasteiger partial charge in [-0.05, 0) is 35.7 Å². The van der Waals surface area contributed by atoms with E-state index < -0.39 is 0 Å². The Morgan fingerprint density at radius 2 is 2.00 bits per heavy atom. The van der Waals surface area contributed by atoms with E-state index in [0.717, 1.165) is 23.4 Å². The summed E-state index contributed by atoms with van der Waals surface area (Å²) in [5.74, 6) is 0.0404. The highest BCUT2D eigenvalue weighted by Crippen LogP contribution is 2.28. The highest BCUT2D eigenvalue weighted by Gasteiger charge is 2.08. The first kappa shape index (κ1) is 14.4. The highest BCUT2D eigenvalue weighted by molar-refractivity contribution is 7.16. The van der Waals surface area contributed by atoms with E-state index in [1.807, 2.05) is 29.0 Å². The summed E-state index contributed by atoms with van der Waals surface area (Å²) in [6.45, 7) is 0. The van der Waals surface area contributed by atoms with Crippen LogP contribution in [0.1, 0.15) is 17.7 Å². The number of rotatable bonds is 6. The maximum absolute atomic E-state index is 11.9. The molecular weight excluding hydrogens is 320 g/mol. The summed E-state index contributed by atoms with van der Waals surface area (Å²) in [6, 6.07) is 8.19. The minimum absolute atomic E-state index is 0.0404. The maximum Gasteiger partial charge on any atom is 0.226 e. The highest BCUT2D eigenvalue weighted by atomic mass is 32.1.